The summed E-state index contributed by atoms with van der Waals surface area (Å²) in [6.07, 6.45) is 2.55. The fourth-order valence-corrected chi connectivity index (χ4v) is 2.44. The third kappa shape index (κ3) is 6.50. The molecule has 0 bridgehead atoms. The number of carbonyl (C=O) groups is 1. The summed E-state index contributed by atoms with van der Waals surface area (Å²) in [6.45, 7) is 9.49. The molecule has 0 unspecified atom stereocenters. The first-order valence-corrected chi connectivity index (χ1v) is 9.20. The molecule has 0 atom stereocenters. The van der Waals surface area contributed by atoms with Gasteiger partial charge in [-0.25, -0.2) is 0 Å². The molecule has 6 heteroatoms. The van der Waals surface area contributed by atoms with Gasteiger partial charge in [-0.15, -0.1) is 0 Å². The van der Waals surface area contributed by atoms with E-state index in [0.717, 1.165) is 18.6 Å². The van der Waals surface area contributed by atoms with Crippen LogP contribution in [0.1, 0.15) is 57.8 Å². The van der Waals surface area contributed by atoms with Crippen LogP contribution in [0.15, 0.2) is 28.8 Å². The number of amides is 1. The number of rotatable bonds is 9. The van der Waals surface area contributed by atoms with Crippen LogP contribution in [0.4, 0.5) is 0 Å². The summed E-state index contributed by atoms with van der Waals surface area (Å²) in [5.74, 6) is 1.97. The van der Waals surface area contributed by atoms with Gasteiger partial charge in [0.2, 0.25) is 11.8 Å². The largest absolute Gasteiger partial charge is 0.492 e. The normalized spacial score (nSPS) is 11.4. The lowest BCUT2D eigenvalue weighted by molar-refractivity contribution is -0.121. The van der Waals surface area contributed by atoms with E-state index >= 15 is 0 Å². The lowest BCUT2D eigenvalue weighted by Crippen LogP contribution is -2.28. The van der Waals surface area contributed by atoms with Crippen LogP contribution in [-0.4, -0.2) is 29.2 Å². The number of benzene rings is 1. The number of hydrogen-bond acceptors (Lipinski definition) is 5. The van der Waals surface area contributed by atoms with Crippen LogP contribution in [0.2, 0.25) is 0 Å². The fourth-order valence-electron chi connectivity index (χ4n) is 2.44. The fraction of sp³-hybridized carbons (Fsp3) is 0.550. The van der Waals surface area contributed by atoms with E-state index in [1.807, 2.05) is 12.1 Å². The third-order valence-electron chi connectivity index (χ3n) is 3.96. The first kappa shape index (κ1) is 19.9. The van der Waals surface area contributed by atoms with Gasteiger partial charge >= 0.3 is 0 Å². The molecule has 26 heavy (non-hydrogen) atoms. The predicted molar refractivity (Wildman–Crippen MR) is 100 cm³/mol. The zero-order valence-electron chi connectivity index (χ0n) is 16.2. The molecule has 1 heterocycles. The minimum Gasteiger partial charge on any atom is -0.492 e. The molecule has 0 aliphatic carbocycles. The monoisotopic (exact) mass is 359 g/mol. The summed E-state index contributed by atoms with van der Waals surface area (Å²) in [7, 11) is 0. The van der Waals surface area contributed by atoms with Gasteiger partial charge in [0.15, 0.2) is 5.82 Å². The molecular formula is C20H29N3O3. The first-order chi connectivity index (χ1) is 12.4. The highest BCUT2D eigenvalue weighted by Crippen LogP contribution is 2.24. The van der Waals surface area contributed by atoms with Crippen molar-refractivity contribution in [2.24, 2.45) is 0 Å². The molecule has 6 nitrogen and oxygen atoms in total. The molecule has 0 spiro atoms. The Balaban J connectivity index is 1.63. The number of aryl methyl sites for hydroxylation is 2. The number of nitrogens with one attached hydrogen (secondary N) is 1. The summed E-state index contributed by atoms with van der Waals surface area (Å²) in [4.78, 5) is 16.1. The van der Waals surface area contributed by atoms with E-state index in [2.05, 4.69) is 55.3 Å². The van der Waals surface area contributed by atoms with Gasteiger partial charge in [0.1, 0.15) is 12.4 Å². The Morgan fingerprint density at radius 1 is 1.19 bits per heavy atom. The number of aromatic nitrogens is 2. The van der Waals surface area contributed by atoms with Crippen molar-refractivity contribution < 1.29 is 14.1 Å². The van der Waals surface area contributed by atoms with Crippen LogP contribution < -0.4 is 10.1 Å². The summed E-state index contributed by atoms with van der Waals surface area (Å²) in [5.41, 5.74) is 1.39. The molecule has 0 saturated heterocycles. The molecule has 1 amide bonds. The van der Waals surface area contributed by atoms with Crippen molar-refractivity contribution in [1.82, 2.24) is 15.5 Å². The van der Waals surface area contributed by atoms with Crippen LogP contribution in [-0.2, 0) is 23.1 Å². The highest BCUT2D eigenvalue weighted by molar-refractivity contribution is 5.75. The molecule has 0 aliphatic heterocycles. The lowest BCUT2D eigenvalue weighted by Gasteiger charge is -2.19. The van der Waals surface area contributed by atoms with Crippen molar-refractivity contribution in [2.75, 3.05) is 13.2 Å². The quantitative estimate of drug-likeness (QED) is 0.694. The smallest absolute Gasteiger partial charge is 0.227 e. The van der Waals surface area contributed by atoms with Gasteiger partial charge in [-0.3, -0.25) is 4.79 Å². The Kier molecular flexibility index (Phi) is 7.18. The first-order valence-electron chi connectivity index (χ1n) is 9.20. The van der Waals surface area contributed by atoms with E-state index in [1.165, 1.54) is 5.56 Å². The number of carbonyl (C=O) groups excluding carboxylic acids is 1. The number of hydrogen-bond donors (Lipinski definition) is 1. The SMILES string of the molecule is CCCc1noc(CCC(=O)NCCOc2ccc(C(C)(C)C)cc2)n1. The lowest BCUT2D eigenvalue weighted by atomic mass is 9.87. The number of nitrogens with zero attached hydrogens (tertiary/aromatic N) is 2. The Morgan fingerprint density at radius 3 is 2.58 bits per heavy atom. The highest BCUT2D eigenvalue weighted by Gasteiger charge is 2.13. The minimum atomic E-state index is -0.0491. The van der Waals surface area contributed by atoms with Crippen molar-refractivity contribution in [1.29, 1.82) is 0 Å². The van der Waals surface area contributed by atoms with E-state index in [-0.39, 0.29) is 11.3 Å². The van der Waals surface area contributed by atoms with Gasteiger partial charge in [-0.1, -0.05) is 45.0 Å². The van der Waals surface area contributed by atoms with Crippen LogP contribution in [0.25, 0.3) is 0 Å². The number of ether oxygens (including phenoxy) is 1. The van der Waals surface area contributed by atoms with Gasteiger partial charge in [-0.05, 0) is 29.5 Å². The molecule has 0 saturated carbocycles. The summed E-state index contributed by atoms with van der Waals surface area (Å²) in [6, 6.07) is 8.08. The zero-order chi connectivity index (χ0) is 19.0. The highest BCUT2D eigenvalue weighted by atomic mass is 16.5. The molecule has 1 aromatic carbocycles. The maximum absolute atomic E-state index is 11.9. The van der Waals surface area contributed by atoms with Gasteiger partial charge in [0.25, 0.3) is 0 Å². The summed E-state index contributed by atoms with van der Waals surface area (Å²) in [5, 5.41) is 6.71. The Labute approximate surface area is 155 Å². The topological polar surface area (TPSA) is 77.2 Å². The molecule has 0 radical (unpaired) electrons. The van der Waals surface area contributed by atoms with E-state index in [0.29, 0.717) is 37.7 Å². The second-order valence-corrected chi connectivity index (χ2v) is 7.33. The molecule has 1 N–H and O–H groups in total. The van der Waals surface area contributed by atoms with Crippen LogP contribution in [0.5, 0.6) is 5.75 Å². The third-order valence-corrected chi connectivity index (χ3v) is 3.96. The molecule has 0 aliphatic rings. The zero-order valence-corrected chi connectivity index (χ0v) is 16.2. The van der Waals surface area contributed by atoms with Crippen LogP contribution >= 0.6 is 0 Å². The average molecular weight is 359 g/mol. The van der Waals surface area contributed by atoms with Crippen LogP contribution in [0.3, 0.4) is 0 Å². The Bertz CT molecular complexity index is 687. The molecule has 142 valence electrons. The maximum atomic E-state index is 11.9. The molecular weight excluding hydrogens is 330 g/mol. The van der Waals surface area contributed by atoms with Gasteiger partial charge in [0.05, 0.1) is 6.54 Å². The Hall–Kier alpha value is -2.37. The van der Waals surface area contributed by atoms with Crippen molar-refractivity contribution in [2.45, 2.75) is 58.8 Å². The van der Waals surface area contributed by atoms with E-state index in [4.69, 9.17) is 9.26 Å². The van der Waals surface area contributed by atoms with E-state index in [9.17, 15) is 4.79 Å². The van der Waals surface area contributed by atoms with E-state index in [1.54, 1.807) is 0 Å². The van der Waals surface area contributed by atoms with Crippen molar-refractivity contribution in [3.63, 3.8) is 0 Å². The van der Waals surface area contributed by atoms with Crippen molar-refractivity contribution in [3.8, 4) is 5.75 Å². The van der Waals surface area contributed by atoms with Gasteiger partial charge < -0.3 is 14.6 Å². The van der Waals surface area contributed by atoms with Crippen molar-refractivity contribution >= 4 is 5.91 Å². The molecule has 0 fully saturated rings. The molecule has 2 rings (SSSR count). The predicted octanol–water partition coefficient (Wildman–Crippen LogP) is 3.45. The summed E-state index contributed by atoms with van der Waals surface area (Å²) < 4.78 is 10.8. The maximum Gasteiger partial charge on any atom is 0.227 e. The average Bonchev–Trinajstić information content (AvgIpc) is 3.04. The standard InChI is InChI=1S/C20H29N3O3/c1-5-6-17-22-19(26-23-17)12-11-18(24)21-13-14-25-16-9-7-15(8-10-16)20(2,3)4/h7-10H,5-6,11-14H2,1-4H3,(H,21,24). The second-order valence-electron chi connectivity index (χ2n) is 7.33. The van der Waals surface area contributed by atoms with Gasteiger partial charge in [0, 0.05) is 19.3 Å². The molecule has 1 aromatic heterocycles. The second kappa shape index (κ2) is 9.36. The van der Waals surface area contributed by atoms with Crippen LogP contribution in [0, 0.1) is 0 Å². The summed E-state index contributed by atoms with van der Waals surface area (Å²) >= 11 is 0. The molecule has 2 aromatic rings. The minimum absolute atomic E-state index is 0.0491. The Morgan fingerprint density at radius 2 is 1.92 bits per heavy atom. The van der Waals surface area contributed by atoms with E-state index < -0.39 is 0 Å². The van der Waals surface area contributed by atoms with Crippen molar-refractivity contribution in [3.05, 3.63) is 41.5 Å². The van der Waals surface area contributed by atoms with Gasteiger partial charge in [-0.2, -0.15) is 4.98 Å².